The average Bonchev–Trinajstić information content (AvgIpc) is 3.23. The molecule has 2 N–H and O–H groups in total. The molecule has 0 aliphatic heterocycles. The molecule has 0 bridgehead atoms. The Morgan fingerprint density at radius 1 is 1.08 bits per heavy atom. The van der Waals surface area contributed by atoms with Gasteiger partial charge in [0.1, 0.15) is 5.82 Å². The van der Waals surface area contributed by atoms with Crippen LogP contribution in [0.15, 0.2) is 54.7 Å². The molecule has 0 spiro atoms. The summed E-state index contributed by atoms with van der Waals surface area (Å²) in [6.07, 6.45) is 2.86. The lowest BCUT2D eigenvalue weighted by atomic mass is 10.1. The second kappa shape index (κ2) is 6.11. The Morgan fingerprint density at radius 2 is 1.92 bits per heavy atom. The predicted molar refractivity (Wildman–Crippen MR) is 89.6 cm³/mol. The van der Waals surface area contributed by atoms with E-state index in [1.54, 1.807) is 16.8 Å². The van der Waals surface area contributed by atoms with Gasteiger partial charge in [-0.05, 0) is 52.7 Å². The van der Waals surface area contributed by atoms with Gasteiger partial charge in [0.15, 0.2) is 0 Å². The van der Waals surface area contributed by atoms with Gasteiger partial charge in [0.25, 0.3) is 0 Å². The van der Waals surface area contributed by atoms with Gasteiger partial charge < -0.3 is 10.3 Å². The molecule has 4 rings (SSSR count). The number of aromatic nitrogens is 5. The van der Waals surface area contributed by atoms with Gasteiger partial charge in [0.05, 0.1) is 5.69 Å². The maximum Gasteiger partial charge on any atom is 0.247 e. The normalized spacial score (nSPS) is 11.0. The van der Waals surface area contributed by atoms with E-state index in [9.17, 15) is 4.39 Å². The van der Waals surface area contributed by atoms with Crippen molar-refractivity contribution in [2.45, 2.75) is 6.42 Å². The molecule has 0 saturated carbocycles. The number of nitrogens with zero attached hydrogens (tertiary/aromatic N) is 4. The number of tetrazole rings is 1. The highest BCUT2D eigenvalue weighted by Gasteiger charge is 2.08. The van der Waals surface area contributed by atoms with Crippen molar-refractivity contribution in [3.8, 4) is 5.69 Å². The highest BCUT2D eigenvalue weighted by Crippen LogP contribution is 2.18. The number of hydrogen-bond donors (Lipinski definition) is 2. The summed E-state index contributed by atoms with van der Waals surface area (Å²) < 4.78 is 14.6. The first-order valence-electron chi connectivity index (χ1n) is 7.64. The summed E-state index contributed by atoms with van der Waals surface area (Å²) in [6.45, 7) is 0.684. The number of nitrogens with one attached hydrogen (secondary N) is 2. The van der Waals surface area contributed by atoms with E-state index < -0.39 is 0 Å². The molecule has 7 heteroatoms. The SMILES string of the molecule is Fc1ccc(-n2nnnc2NCCc2c[nH]c3ccccc23)cc1. The van der Waals surface area contributed by atoms with Crippen molar-refractivity contribution in [2.24, 2.45) is 0 Å². The van der Waals surface area contributed by atoms with Crippen LogP contribution in [0.3, 0.4) is 0 Å². The number of aromatic amines is 1. The molecule has 6 nitrogen and oxygen atoms in total. The fourth-order valence-electron chi connectivity index (χ4n) is 2.70. The molecule has 2 aromatic heterocycles. The van der Waals surface area contributed by atoms with Crippen LogP contribution in [0, 0.1) is 5.82 Å². The average molecular weight is 322 g/mol. The molecule has 0 saturated heterocycles. The van der Waals surface area contributed by atoms with Gasteiger partial charge >= 0.3 is 0 Å². The van der Waals surface area contributed by atoms with E-state index in [4.69, 9.17) is 0 Å². The van der Waals surface area contributed by atoms with Crippen LogP contribution in [0.25, 0.3) is 16.6 Å². The van der Waals surface area contributed by atoms with Gasteiger partial charge in [-0.25, -0.2) is 4.39 Å². The molecule has 0 fully saturated rings. The first-order chi connectivity index (χ1) is 11.8. The molecule has 120 valence electrons. The third-order valence-electron chi connectivity index (χ3n) is 3.89. The summed E-state index contributed by atoms with van der Waals surface area (Å²) in [7, 11) is 0. The van der Waals surface area contributed by atoms with Crippen LogP contribution < -0.4 is 5.32 Å². The number of hydrogen-bond acceptors (Lipinski definition) is 4. The number of fused-ring (bicyclic) bond motifs is 1. The predicted octanol–water partition coefficient (Wildman–Crippen LogP) is 2.94. The van der Waals surface area contributed by atoms with E-state index in [1.165, 1.54) is 23.1 Å². The van der Waals surface area contributed by atoms with Gasteiger partial charge in [-0.1, -0.05) is 23.3 Å². The minimum Gasteiger partial charge on any atom is -0.361 e. The Hall–Kier alpha value is -3.22. The number of H-pyrrole nitrogens is 1. The van der Waals surface area contributed by atoms with Gasteiger partial charge in [-0.3, -0.25) is 0 Å². The largest absolute Gasteiger partial charge is 0.361 e. The monoisotopic (exact) mass is 322 g/mol. The molecular weight excluding hydrogens is 307 g/mol. The summed E-state index contributed by atoms with van der Waals surface area (Å²) in [4.78, 5) is 3.27. The van der Waals surface area contributed by atoms with Crippen LogP contribution >= 0.6 is 0 Å². The molecule has 2 heterocycles. The van der Waals surface area contributed by atoms with Crippen molar-refractivity contribution < 1.29 is 4.39 Å². The highest BCUT2D eigenvalue weighted by atomic mass is 19.1. The second-order valence-corrected chi connectivity index (χ2v) is 5.43. The summed E-state index contributed by atoms with van der Waals surface area (Å²) in [5, 5.41) is 16.1. The van der Waals surface area contributed by atoms with Crippen LogP contribution in [0.1, 0.15) is 5.56 Å². The highest BCUT2D eigenvalue weighted by molar-refractivity contribution is 5.83. The van der Waals surface area contributed by atoms with E-state index >= 15 is 0 Å². The third kappa shape index (κ3) is 2.71. The van der Waals surface area contributed by atoms with E-state index in [0.717, 1.165) is 11.9 Å². The molecule has 0 radical (unpaired) electrons. The molecule has 0 amide bonds. The van der Waals surface area contributed by atoms with Crippen molar-refractivity contribution >= 4 is 16.9 Å². The maximum atomic E-state index is 13.0. The van der Waals surface area contributed by atoms with Gasteiger partial charge in [-0.15, -0.1) is 0 Å². The summed E-state index contributed by atoms with van der Waals surface area (Å²) in [6, 6.07) is 14.2. The van der Waals surface area contributed by atoms with Crippen LogP contribution in [-0.2, 0) is 6.42 Å². The Labute approximate surface area is 137 Å². The zero-order valence-corrected chi connectivity index (χ0v) is 12.8. The summed E-state index contributed by atoms with van der Waals surface area (Å²) in [5.74, 6) is 0.238. The lowest BCUT2D eigenvalue weighted by molar-refractivity contribution is 0.626. The van der Waals surface area contributed by atoms with Crippen molar-refractivity contribution in [3.05, 3.63) is 66.1 Å². The fraction of sp³-hybridized carbons (Fsp3) is 0.118. The Kier molecular flexibility index (Phi) is 3.66. The first-order valence-corrected chi connectivity index (χ1v) is 7.64. The Morgan fingerprint density at radius 3 is 2.79 bits per heavy atom. The lowest BCUT2D eigenvalue weighted by Crippen LogP contribution is -2.10. The van der Waals surface area contributed by atoms with Crippen molar-refractivity contribution in [1.82, 2.24) is 25.2 Å². The molecule has 4 aromatic rings. The smallest absolute Gasteiger partial charge is 0.247 e. The van der Waals surface area contributed by atoms with Gasteiger partial charge in [-0.2, -0.15) is 4.68 Å². The number of halogens is 1. The molecule has 0 aliphatic rings. The number of anilines is 1. The minimum absolute atomic E-state index is 0.291. The summed E-state index contributed by atoms with van der Waals surface area (Å²) in [5.41, 5.74) is 3.07. The minimum atomic E-state index is -0.291. The standard InChI is InChI=1S/C17H15FN6/c18-13-5-7-14(8-6-13)24-17(21-22-23-24)19-10-9-12-11-20-16-4-2-1-3-15(12)16/h1-8,11,20H,9-10H2,(H,19,21,23). The lowest BCUT2D eigenvalue weighted by Gasteiger charge is -2.06. The van der Waals surface area contributed by atoms with Crippen LogP contribution in [-0.4, -0.2) is 31.7 Å². The Balaban J connectivity index is 1.47. The zero-order valence-electron chi connectivity index (χ0n) is 12.8. The zero-order chi connectivity index (χ0) is 16.4. The third-order valence-corrected chi connectivity index (χ3v) is 3.89. The van der Waals surface area contributed by atoms with E-state index in [1.807, 2.05) is 18.3 Å². The maximum absolute atomic E-state index is 13.0. The fourth-order valence-corrected chi connectivity index (χ4v) is 2.70. The molecule has 24 heavy (non-hydrogen) atoms. The van der Waals surface area contributed by atoms with Gasteiger partial charge in [0.2, 0.25) is 5.95 Å². The number of benzene rings is 2. The van der Waals surface area contributed by atoms with Crippen molar-refractivity contribution in [2.75, 3.05) is 11.9 Å². The van der Waals surface area contributed by atoms with Crippen molar-refractivity contribution in [3.63, 3.8) is 0 Å². The van der Waals surface area contributed by atoms with Crippen LogP contribution in [0.5, 0.6) is 0 Å². The first kappa shape index (κ1) is 14.4. The van der Waals surface area contributed by atoms with E-state index in [-0.39, 0.29) is 5.82 Å². The van der Waals surface area contributed by atoms with Crippen molar-refractivity contribution in [1.29, 1.82) is 0 Å². The Bertz CT molecular complexity index is 957. The number of rotatable bonds is 5. The van der Waals surface area contributed by atoms with E-state index in [2.05, 4.69) is 38.0 Å². The molecule has 2 aromatic carbocycles. The summed E-state index contributed by atoms with van der Waals surface area (Å²) >= 11 is 0. The second-order valence-electron chi connectivity index (χ2n) is 5.43. The molecule has 0 aliphatic carbocycles. The quantitative estimate of drug-likeness (QED) is 0.592. The number of para-hydroxylation sites is 1. The molecule has 0 atom stereocenters. The van der Waals surface area contributed by atoms with Gasteiger partial charge in [0, 0.05) is 23.6 Å². The topological polar surface area (TPSA) is 71.4 Å². The van der Waals surface area contributed by atoms with E-state index in [0.29, 0.717) is 18.2 Å². The molecule has 0 unspecified atom stereocenters. The van der Waals surface area contributed by atoms with Crippen LogP contribution in [0.4, 0.5) is 10.3 Å². The van der Waals surface area contributed by atoms with Crippen LogP contribution in [0.2, 0.25) is 0 Å². The molecular formula is C17H15FN6.